The lowest BCUT2D eigenvalue weighted by Crippen LogP contribution is -2.25. The second-order valence-electron chi connectivity index (χ2n) is 3.63. The fourth-order valence-electron chi connectivity index (χ4n) is 1.50. The number of rotatable bonds is 1. The maximum absolute atomic E-state index is 11.6. The van der Waals surface area contributed by atoms with E-state index >= 15 is 0 Å². The molecule has 1 heterocycles. The first-order chi connectivity index (χ1) is 7.09. The number of likely N-dealkylation sites (N-methyl/N-ethyl adjacent to an activating group) is 1. The Kier molecular flexibility index (Phi) is 2.15. The Morgan fingerprint density at radius 2 is 1.67 bits per heavy atom. The molecular weight excluding hydrogens is 190 g/mol. The average Bonchev–Trinajstić information content (AvgIpc) is 2.47. The predicted octanol–water partition coefficient (Wildman–Crippen LogP) is 1.38. The summed E-state index contributed by atoms with van der Waals surface area (Å²) in [5.41, 5.74) is 2.40. The molecular formula is C12H11NO2. The van der Waals surface area contributed by atoms with Crippen LogP contribution in [0.25, 0.3) is 5.57 Å². The Balaban J connectivity index is 2.41. The zero-order valence-corrected chi connectivity index (χ0v) is 8.65. The van der Waals surface area contributed by atoms with Crippen molar-refractivity contribution in [1.29, 1.82) is 0 Å². The van der Waals surface area contributed by atoms with Crippen LogP contribution in [-0.4, -0.2) is 23.8 Å². The van der Waals surface area contributed by atoms with Crippen LogP contribution in [0.3, 0.4) is 0 Å². The fourth-order valence-corrected chi connectivity index (χ4v) is 1.50. The van der Waals surface area contributed by atoms with E-state index in [1.54, 1.807) is 0 Å². The van der Waals surface area contributed by atoms with Crippen molar-refractivity contribution in [3.63, 3.8) is 0 Å². The SMILES string of the molecule is Cc1ccc(C2=CC(=O)N(C)C2=O)cc1. The molecule has 1 aromatic rings. The third-order valence-corrected chi connectivity index (χ3v) is 2.50. The van der Waals surface area contributed by atoms with E-state index in [0.717, 1.165) is 16.0 Å². The number of amides is 2. The molecule has 3 nitrogen and oxygen atoms in total. The van der Waals surface area contributed by atoms with E-state index in [-0.39, 0.29) is 11.8 Å². The molecule has 1 aromatic carbocycles. The Bertz CT molecular complexity index is 457. The van der Waals surface area contributed by atoms with Gasteiger partial charge in [0.15, 0.2) is 0 Å². The van der Waals surface area contributed by atoms with E-state index in [1.807, 2.05) is 31.2 Å². The Hall–Kier alpha value is -1.90. The van der Waals surface area contributed by atoms with E-state index < -0.39 is 0 Å². The Morgan fingerprint density at radius 3 is 2.13 bits per heavy atom. The van der Waals surface area contributed by atoms with Crippen molar-refractivity contribution in [2.75, 3.05) is 7.05 Å². The third kappa shape index (κ3) is 1.56. The molecule has 0 aromatic heterocycles. The topological polar surface area (TPSA) is 37.4 Å². The molecule has 0 unspecified atom stereocenters. The van der Waals surface area contributed by atoms with Gasteiger partial charge in [0.1, 0.15) is 0 Å². The summed E-state index contributed by atoms with van der Waals surface area (Å²) in [4.78, 5) is 24.0. The van der Waals surface area contributed by atoms with E-state index in [4.69, 9.17) is 0 Å². The van der Waals surface area contributed by atoms with Crippen LogP contribution in [0.4, 0.5) is 0 Å². The minimum atomic E-state index is -0.254. The van der Waals surface area contributed by atoms with Crippen molar-refractivity contribution < 1.29 is 9.59 Å². The van der Waals surface area contributed by atoms with Gasteiger partial charge in [0.25, 0.3) is 11.8 Å². The van der Waals surface area contributed by atoms with Gasteiger partial charge in [0.05, 0.1) is 5.57 Å². The normalized spacial score (nSPS) is 15.9. The van der Waals surface area contributed by atoms with Crippen LogP contribution >= 0.6 is 0 Å². The van der Waals surface area contributed by atoms with Crippen molar-refractivity contribution in [1.82, 2.24) is 4.90 Å². The number of hydrogen-bond donors (Lipinski definition) is 0. The van der Waals surface area contributed by atoms with Gasteiger partial charge in [-0.15, -0.1) is 0 Å². The summed E-state index contributed by atoms with van der Waals surface area (Å²) in [6.07, 6.45) is 1.38. The molecule has 15 heavy (non-hydrogen) atoms. The summed E-state index contributed by atoms with van der Waals surface area (Å²) < 4.78 is 0. The monoisotopic (exact) mass is 201 g/mol. The highest BCUT2D eigenvalue weighted by atomic mass is 16.2. The molecule has 1 aliphatic heterocycles. The number of carbonyl (C=O) groups excluding carboxylic acids is 2. The highest BCUT2D eigenvalue weighted by Gasteiger charge is 2.28. The van der Waals surface area contributed by atoms with Gasteiger partial charge in [-0.05, 0) is 12.5 Å². The molecule has 2 amide bonds. The molecule has 0 aliphatic carbocycles. The second-order valence-corrected chi connectivity index (χ2v) is 3.63. The van der Waals surface area contributed by atoms with Crippen LogP contribution in [0.1, 0.15) is 11.1 Å². The van der Waals surface area contributed by atoms with Gasteiger partial charge in [-0.1, -0.05) is 29.8 Å². The van der Waals surface area contributed by atoms with Crippen LogP contribution in [-0.2, 0) is 9.59 Å². The summed E-state index contributed by atoms with van der Waals surface area (Å²) in [5, 5.41) is 0. The number of nitrogens with zero attached hydrogens (tertiary/aromatic N) is 1. The number of hydrogen-bond acceptors (Lipinski definition) is 2. The molecule has 1 aliphatic rings. The van der Waals surface area contributed by atoms with E-state index in [0.29, 0.717) is 5.57 Å². The van der Waals surface area contributed by atoms with Crippen molar-refractivity contribution in [2.24, 2.45) is 0 Å². The summed E-state index contributed by atoms with van der Waals surface area (Å²) in [7, 11) is 1.49. The molecule has 76 valence electrons. The van der Waals surface area contributed by atoms with Gasteiger partial charge in [0, 0.05) is 13.1 Å². The maximum Gasteiger partial charge on any atom is 0.261 e. The van der Waals surface area contributed by atoms with Crippen LogP contribution < -0.4 is 0 Å². The van der Waals surface area contributed by atoms with E-state index in [1.165, 1.54) is 13.1 Å². The Morgan fingerprint density at radius 1 is 1.07 bits per heavy atom. The summed E-state index contributed by atoms with van der Waals surface area (Å²) in [6.45, 7) is 1.98. The lowest BCUT2D eigenvalue weighted by Gasteiger charge is -2.06. The van der Waals surface area contributed by atoms with Gasteiger partial charge < -0.3 is 0 Å². The van der Waals surface area contributed by atoms with Gasteiger partial charge in [-0.25, -0.2) is 0 Å². The summed E-state index contributed by atoms with van der Waals surface area (Å²) in [6, 6.07) is 7.55. The van der Waals surface area contributed by atoms with E-state index in [9.17, 15) is 9.59 Å². The van der Waals surface area contributed by atoms with Gasteiger partial charge >= 0.3 is 0 Å². The lowest BCUT2D eigenvalue weighted by atomic mass is 10.1. The quantitative estimate of drug-likeness (QED) is 0.644. The van der Waals surface area contributed by atoms with Gasteiger partial charge in [-0.3, -0.25) is 14.5 Å². The van der Waals surface area contributed by atoms with Crippen molar-refractivity contribution in [2.45, 2.75) is 6.92 Å². The van der Waals surface area contributed by atoms with Crippen LogP contribution in [0.5, 0.6) is 0 Å². The minimum absolute atomic E-state index is 0.233. The molecule has 0 radical (unpaired) electrons. The highest BCUT2D eigenvalue weighted by Crippen LogP contribution is 2.22. The molecule has 0 N–H and O–H groups in total. The smallest absolute Gasteiger partial charge is 0.261 e. The molecule has 0 fully saturated rings. The minimum Gasteiger partial charge on any atom is -0.278 e. The first-order valence-electron chi connectivity index (χ1n) is 4.70. The molecule has 2 rings (SSSR count). The number of imide groups is 1. The second kappa shape index (κ2) is 3.35. The summed E-state index contributed by atoms with van der Waals surface area (Å²) >= 11 is 0. The molecule has 0 bridgehead atoms. The van der Waals surface area contributed by atoms with Gasteiger partial charge in [-0.2, -0.15) is 0 Å². The summed E-state index contributed by atoms with van der Waals surface area (Å²) in [5.74, 6) is -0.487. The number of benzene rings is 1. The first kappa shape index (κ1) is 9.65. The largest absolute Gasteiger partial charge is 0.278 e. The molecule has 0 spiro atoms. The van der Waals surface area contributed by atoms with E-state index in [2.05, 4.69) is 0 Å². The molecule has 3 heteroatoms. The van der Waals surface area contributed by atoms with Crippen LogP contribution in [0, 0.1) is 6.92 Å². The number of aryl methyl sites for hydroxylation is 1. The zero-order chi connectivity index (χ0) is 11.0. The predicted molar refractivity (Wildman–Crippen MR) is 56.9 cm³/mol. The Labute approximate surface area is 88.0 Å². The number of carbonyl (C=O) groups is 2. The zero-order valence-electron chi connectivity index (χ0n) is 8.65. The van der Waals surface area contributed by atoms with Crippen LogP contribution in [0.15, 0.2) is 30.3 Å². The maximum atomic E-state index is 11.6. The van der Waals surface area contributed by atoms with Gasteiger partial charge in [0.2, 0.25) is 0 Å². The molecule has 0 saturated carbocycles. The molecule has 0 saturated heterocycles. The van der Waals surface area contributed by atoms with Crippen molar-refractivity contribution in [3.05, 3.63) is 41.5 Å². The van der Waals surface area contributed by atoms with Crippen molar-refractivity contribution in [3.8, 4) is 0 Å². The average molecular weight is 201 g/mol. The first-order valence-corrected chi connectivity index (χ1v) is 4.70. The third-order valence-electron chi connectivity index (χ3n) is 2.50. The fraction of sp³-hybridized carbons (Fsp3) is 0.167. The van der Waals surface area contributed by atoms with Crippen LogP contribution in [0.2, 0.25) is 0 Å². The highest BCUT2D eigenvalue weighted by molar-refractivity contribution is 6.33. The standard InChI is InChI=1S/C12H11NO2/c1-8-3-5-9(6-4-8)10-7-11(14)13(2)12(10)15/h3-7H,1-2H3. The van der Waals surface area contributed by atoms with Crippen molar-refractivity contribution >= 4 is 17.4 Å². The lowest BCUT2D eigenvalue weighted by molar-refractivity contribution is -0.134. The molecule has 0 atom stereocenters.